The molecule has 0 spiro atoms. The fourth-order valence-corrected chi connectivity index (χ4v) is 4.04. The first-order valence-electron chi connectivity index (χ1n) is 11.0. The summed E-state index contributed by atoms with van der Waals surface area (Å²) in [6, 6.07) is 20.8. The van der Waals surface area contributed by atoms with Crippen LogP contribution in [0.1, 0.15) is 15.9 Å². The van der Waals surface area contributed by atoms with Crippen molar-refractivity contribution in [3.05, 3.63) is 105 Å². The summed E-state index contributed by atoms with van der Waals surface area (Å²) in [5.74, 6) is -0.454. The molecule has 0 aromatic heterocycles. The zero-order chi connectivity index (χ0) is 24.8. The lowest BCUT2D eigenvalue weighted by molar-refractivity contribution is -0.384. The molecule has 4 rings (SSSR count). The Morgan fingerprint density at radius 3 is 2.26 bits per heavy atom. The van der Waals surface area contributed by atoms with Crippen molar-refractivity contribution < 1.29 is 14.5 Å². The van der Waals surface area contributed by atoms with Crippen molar-refractivity contribution in [2.75, 3.05) is 36.4 Å². The van der Waals surface area contributed by atoms with Gasteiger partial charge >= 0.3 is 0 Å². The smallest absolute Gasteiger partial charge is 0.270 e. The van der Waals surface area contributed by atoms with Crippen LogP contribution in [-0.4, -0.2) is 47.8 Å². The van der Waals surface area contributed by atoms with Gasteiger partial charge in [0.15, 0.2) is 0 Å². The van der Waals surface area contributed by atoms with Crippen molar-refractivity contribution in [2.45, 2.75) is 0 Å². The van der Waals surface area contributed by atoms with Crippen LogP contribution in [0.5, 0.6) is 0 Å². The molecule has 2 amide bonds. The molecule has 1 fully saturated rings. The topological polar surface area (TPSA) is 95.8 Å². The molecule has 0 radical (unpaired) electrons. The van der Waals surface area contributed by atoms with Gasteiger partial charge in [-0.1, -0.05) is 41.9 Å². The number of nitrogens with one attached hydrogen (secondary N) is 1. The number of non-ortho nitro benzene ring substituents is 1. The zero-order valence-corrected chi connectivity index (χ0v) is 19.5. The molecule has 3 aromatic carbocycles. The Kier molecular flexibility index (Phi) is 7.42. The SMILES string of the molecule is O=C(Nc1ccc(N2CCN(C(=O)/C=C/c3ccccc3)CC2)cc1)c1ccc([N+](=O)[O-])cc1Cl. The van der Waals surface area contributed by atoms with Crippen LogP contribution in [0.4, 0.5) is 17.1 Å². The van der Waals surface area contributed by atoms with E-state index in [1.54, 1.807) is 18.2 Å². The Balaban J connectivity index is 1.31. The van der Waals surface area contributed by atoms with E-state index >= 15 is 0 Å². The number of nitrogens with zero attached hydrogens (tertiary/aromatic N) is 3. The average molecular weight is 491 g/mol. The number of piperazine rings is 1. The molecule has 1 aliphatic heterocycles. The molecule has 178 valence electrons. The molecule has 3 aromatic rings. The highest BCUT2D eigenvalue weighted by Gasteiger charge is 2.20. The lowest BCUT2D eigenvalue weighted by atomic mass is 10.1. The maximum Gasteiger partial charge on any atom is 0.270 e. The standard InChI is InChI=1S/C26H23ClN4O4/c27-24-18-22(31(34)35)11-12-23(24)26(33)28-20-7-9-21(10-8-20)29-14-16-30(17-15-29)25(32)13-6-19-4-2-1-3-5-19/h1-13,18H,14-17H2,(H,28,33)/b13-6+. The van der Waals surface area contributed by atoms with Crippen LogP contribution in [0, 0.1) is 10.1 Å². The normalized spacial score (nSPS) is 13.6. The number of hydrogen-bond acceptors (Lipinski definition) is 5. The molecule has 0 saturated carbocycles. The second kappa shape index (κ2) is 10.8. The Bertz CT molecular complexity index is 1250. The third kappa shape index (κ3) is 6.04. The summed E-state index contributed by atoms with van der Waals surface area (Å²) < 4.78 is 0. The van der Waals surface area contributed by atoms with Crippen molar-refractivity contribution in [3.63, 3.8) is 0 Å². The summed E-state index contributed by atoms with van der Waals surface area (Å²) >= 11 is 6.04. The van der Waals surface area contributed by atoms with Gasteiger partial charge in [0.25, 0.3) is 11.6 Å². The summed E-state index contributed by atoms with van der Waals surface area (Å²) in [6.45, 7) is 2.65. The largest absolute Gasteiger partial charge is 0.368 e. The number of rotatable bonds is 6. The van der Waals surface area contributed by atoms with Gasteiger partial charge in [-0.25, -0.2) is 0 Å². The van der Waals surface area contributed by atoms with E-state index in [0.717, 1.165) is 17.3 Å². The van der Waals surface area contributed by atoms with E-state index < -0.39 is 10.8 Å². The summed E-state index contributed by atoms with van der Waals surface area (Å²) in [5, 5.41) is 13.6. The quantitative estimate of drug-likeness (QED) is 0.302. The average Bonchev–Trinajstić information content (AvgIpc) is 2.88. The van der Waals surface area contributed by atoms with Gasteiger partial charge in [0.05, 0.1) is 15.5 Å². The first kappa shape index (κ1) is 24.0. The molecular weight excluding hydrogens is 468 g/mol. The first-order chi connectivity index (χ1) is 16.9. The van der Waals surface area contributed by atoms with Gasteiger partial charge in [-0.3, -0.25) is 19.7 Å². The number of carbonyl (C=O) groups excluding carboxylic acids is 2. The molecule has 35 heavy (non-hydrogen) atoms. The maximum absolute atomic E-state index is 12.5. The van der Waals surface area contributed by atoms with Gasteiger partial charge in [0.1, 0.15) is 0 Å². The molecule has 1 heterocycles. The van der Waals surface area contributed by atoms with E-state index in [0.29, 0.717) is 31.9 Å². The van der Waals surface area contributed by atoms with E-state index in [2.05, 4.69) is 10.2 Å². The van der Waals surface area contributed by atoms with Crippen LogP contribution in [0.3, 0.4) is 0 Å². The summed E-state index contributed by atoms with van der Waals surface area (Å²) in [5.41, 5.74) is 2.53. The first-order valence-corrected chi connectivity index (χ1v) is 11.4. The second-order valence-electron chi connectivity index (χ2n) is 7.98. The van der Waals surface area contributed by atoms with E-state index in [1.165, 1.54) is 12.1 Å². The van der Waals surface area contributed by atoms with Gasteiger partial charge in [-0.05, 0) is 42.0 Å². The molecule has 0 atom stereocenters. The number of nitro benzene ring substituents is 1. The highest BCUT2D eigenvalue weighted by Crippen LogP contribution is 2.24. The summed E-state index contributed by atoms with van der Waals surface area (Å²) in [7, 11) is 0. The zero-order valence-electron chi connectivity index (χ0n) is 18.8. The molecule has 8 nitrogen and oxygen atoms in total. The number of carbonyl (C=O) groups is 2. The van der Waals surface area contributed by atoms with Crippen LogP contribution in [0.2, 0.25) is 5.02 Å². The molecule has 0 bridgehead atoms. The minimum absolute atomic E-state index is 0.00327. The number of halogens is 1. The lowest BCUT2D eigenvalue weighted by Gasteiger charge is -2.35. The minimum Gasteiger partial charge on any atom is -0.368 e. The predicted molar refractivity (Wildman–Crippen MR) is 137 cm³/mol. The van der Waals surface area contributed by atoms with E-state index in [9.17, 15) is 19.7 Å². The molecule has 0 unspecified atom stereocenters. The number of hydrogen-bond donors (Lipinski definition) is 1. The number of benzene rings is 3. The monoisotopic (exact) mass is 490 g/mol. The minimum atomic E-state index is -0.566. The molecule has 9 heteroatoms. The van der Waals surface area contributed by atoms with Crippen molar-refractivity contribution in [1.29, 1.82) is 0 Å². The van der Waals surface area contributed by atoms with Gasteiger partial charge in [0, 0.05) is 55.8 Å². The Morgan fingerprint density at radius 1 is 0.943 bits per heavy atom. The highest BCUT2D eigenvalue weighted by atomic mass is 35.5. The van der Waals surface area contributed by atoms with Gasteiger partial charge in [0.2, 0.25) is 5.91 Å². The van der Waals surface area contributed by atoms with Crippen molar-refractivity contribution in [1.82, 2.24) is 4.90 Å². The Morgan fingerprint density at radius 2 is 1.63 bits per heavy atom. The summed E-state index contributed by atoms with van der Waals surface area (Å²) in [6.07, 6.45) is 3.44. The van der Waals surface area contributed by atoms with Crippen LogP contribution < -0.4 is 10.2 Å². The lowest BCUT2D eigenvalue weighted by Crippen LogP contribution is -2.48. The molecule has 1 aliphatic rings. The Hall–Kier alpha value is -4.17. The van der Waals surface area contributed by atoms with Crippen molar-refractivity contribution in [2.24, 2.45) is 0 Å². The van der Waals surface area contributed by atoms with E-state index in [1.807, 2.05) is 53.4 Å². The third-order valence-corrected chi connectivity index (χ3v) is 6.02. The van der Waals surface area contributed by atoms with Crippen LogP contribution >= 0.6 is 11.6 Å². The van der Waals surface area contributed by atoms with E-state index in [4.69, 9.17) is 11.6 Å². The molecular formula is C26H23ClN4O4. The van der Waals surface area contributed by atoms with Crippen molar-refractivity contribution >= 4 is 46.6 Å². The molecule has 0 aliphatic carbocycles. The maximum atomic E-state index is 12.5. The Labute approximate surface area is 207 Å². The number of nitro groups is 1. The number of amides is 2. The molecule has 1 saturated heterocycles. The predicted octanol–water partition coefficient (Wildman–Crippen LogP) is 4.86. The van der Waals surface area contributed by atoms with Gasteiger partial charge in [-0.15, -0.1) is 0 Å². The van der Waals surface area contributed by atoms with Crippen LogP contribution in [0.15, 0.2) is 78.9 Å². The molecule has 1 N–H and O–H groups in total. The number of anilines is 2. The second-order valence-corrected chi connectivity index (χ2v) is 8.39. The summed E-state index contributed by atoms with van der Waals surface area (Å²) in [4.78, 5) is 39.3. The van der Waals surface area contributed by atoms with Crippen LogP contribution in [-0.2, 0) is 4.79 Å². The fourth-order valence-electron chi connectivity index (χ4n) is 3.78. The highest BCUT2D eigenvalue weighted by molar-refractivity contribution is 6.34. The van der Waals surface area contributed by atoms with Crippen molar-refractivity contribution in [3.8, 4) is 0 Å². The van der Waals surface area contributed by atoms with E-state index in [-0.39, 0.29) is 22.2 Å². The fraction of sp³-hybridized carbons (Fsp3) is 0.154. The third-order valence-electron chi connectivity index (χ3n) is 5.71. The van der Waals surface area contributed by atoms with Gasteiger partial charge in [-0.2, -0.15) is 0 Å². The van der Waals surface area contributed by atoms with Crippen LogP contribution in [0.25, 0.3) is 6.08 Å². The van der Waals surface area contributed by atoms with Gasteiger partial charge < -0.3 is 15.1 Å².